The summed E-state index contributed by atoms with van der Waals surface area (Å²) >= 11 is 18.8. The standard InChI is InChI=1S/C16H17Cl3N4O/c1-10-11(7-8-15(24)21-22(2)3)16(19)23(20-10)9-12-13(17)5-4-6-14(12)18/h4-8H,9H2,1-3H3,(H,21,24)/b8-7+. The maximum Gasteiger partial charge on any atom is 0.258 e. The van der Waals surface area contributed by atoms with Crippen LogP contribution in [0.25, 0.3) is 6.08 Å². The Bertz CT molecular complexity index is 764. The fraction of sp³-hybridized carbons (Fsp3) is 0.250. The van der Waals surface area contributed by atoms with Crippen molar-refractivity contribution in [2.75, 3.05) is 14.1 Å². The number of hydrogen-bond acceptors (Lipinski definition) is 3. The number of hydrazine groups is 1. The quantitative estimate of drug-likeness (QED) is 0.627. The Morgan fingerprint density at radius 2 is 1.92 bits per heavy atom. The van der Waals surface area contributed by atoms with Crippen LogP contribution < -0.4 is 5.43 Å². The number of carbonyl (C=O) groups excluding carboxylic acids is 1. The number of halogens is 3. The average Bonchev–Trinajstić information content (AvgIpc) is 2.74. The molecule has 8 heteroatoms. The molecule has 1 N–H and O–H groups in total. The number of aromatic nitrogens is 2. The first-order valence-corrected chi connectivity index (χ1v) is 8.24. The molecule has 0 saturated carbocycles. The van der Waals surface area contributed by atoms with Crippen molar-refractivity contribution in [3.63, 3.8) is 0 Å². The third-order valence-electron chi connectivity index (χ3n) is 3.21. The van der Waals surface area contributed by atoms with E-state index in [-0.39, 0.29) is 5.91 Å². The lowest BCUT2D eigenvalue weighted by Gasteiger charge is -2.09. The zero-order valence-electron chi connectivity index (χ0n) is 13.5. The summed E-state index contributed by atoms with van der Waals surface area (Å²) in [5.74, 6) is -0.252. The number of aryl methyl sites for hydroxylation is 1. The summed E-state index contributed by atoms with van der Waals surface area (Å²) in [6, 6.07) is 5.31. The van der Waals surface area contributed by atoms with Crippen LogP contribution in [-0.2, 0) is 11.3 Å². The van der Waals surface area contributed by atoms with Crippen LogP contribution in [0.15, 0.2) is 24.3 Å². The Balaban J connectivity index is 2.26. The highest BCUT2D eigenvalue weighted by atomic mass is 35.5. The van der Waals surface area contributed by atoms with E-state index in [0.29, 0.717) is 33.0 Å². The lowest BCUT2D eigenvalue weighted by atomic mass is 10.2. The van der Waals surface area contributed by atoms with Gasteiger partial charge >= 0.3 is 0 Å². The molecule has 1 amide bonds. The molecule has 0 radical (unpaired) electrons. The molecule has 1 aromatic heterocycles. The number of nitrogens with one attached hydrogen (secondary N) is 1. The normalized spacial score (nSPS) is 11.5. The summed E-state index contributed by atoms with van der Waals surface area (Å²) in [7, 11) is 3.46. The largest absolute Gasteiger partial charge is 0.286 e. The predicted molar refractivity (Wildman–Crippen MR) is 98.4 cm³/mol. The van der Waals surface area contributed by atoms with Crippen LogP contribution in [-0.4, -0.2) is 34.8 Å². The smallest absolute Gasteiger partial charge is 0.258 e. The maximum absolute atomic E-state index is 11.7. The molecule has 0 atom stereocenters. The first kappa shape index (κ1) is 18.8. The summed E-state index contributed by atoms with van der Waals surface area (Å²) in [6.07, 6.45) is 3.04. The van der Waals surface area contributed by atoms with Gasteiger partial charge in [-0.05, 0) is 25.1 Å². The van der Waals surface area contributed by atoms with Crippen molar-refractivity contribution in [1.29, 1.82) is 0 Å². The van der Waals surface area contributed by atoms with Gasteiger partial charge in [-0.15, -0.1) is 0 Å². The second-order valence-electron chi connectivity index (χ2n) is 5.35. The highest BCUT2D eigenvalue weighted by Crippen LogP contribution is 2.28. The van der Waals surface area contributed by atoms with Gasteiger partial charge in [0.1, 0.15) is 5.15 Å². The molecule has 0 fully saturated rings. The second-order valence-corrected chi connectivity index (χ2v) is 6.52. The van der Waals surface area contributed by atoms with E-state index in [9.17, 15) is 4.79 Å². The van der Waals surface area contributed by atoms with Gasteiger partial charge in [-0.2, -0.15) is 5.10 Å². The van der Waals surface area contributed by atoms with Gasteiger partial charge in [0.15, 0.2) is 0 Å². The van der Waals surface area contributed by atoms with Crippen molar-refractivity contribution in [3.05, 3.63) is 56.3 Å². The first-order valence-electron chi connectivity index (χ1n) is 7.11. The number of carbonyl (C=O) groups is 1. The van der Waals surface area contributed by atoms with Crippen molar-refractivity contribution < 1.29 is 4.79 Å². The van der Waals surface area contributed by atoms with Crippen LogP contribution in [0.1, 0.15) is 16.8 Å². The predicted octanol–water partition coefficient (Wildman–Crippen LogP) is 3.81. The van der Waals surface area contributed by atoms with Gasteiger partial charge in [-0.3, -0.25) is 10.2 Å². The third kappa shape index (κ3) is 4.51. The monoisotopic (exact) mass is 386 g/mol. The van der Waals surface area contributed by atoms with E-state index in [2.05, 4.69) is 10.5 Å². The van der Waals surface area contributed by atoms with Crippen molar-refractivity contribution >= 4 is 46.8 Å². The van der Waals surface area contributed by atoms with Crippen LogP contribution in [0.5, 0.6) is 0 Å². The molecule has 1 aromatic carbocycles. The molecule has 0 aliphatic heterocycles. The van der Waals surface area contributed by atoms with Gasteiger partial charge in [-0.1, -0.05) is 40.9 Å². The molecule has 128 valence electrons. The Kier molecular flexibility index (Phi) is 6.29. The van der Waals surface area contributed by atoms with Crippen LogP contribution >= 0.6 is 34.8 Å². The number of amides is 1. The molecular weight excluding hydrogens is 371 g/mol. The van der Waals surface area contributed by atoms with E-state index in [1.165, 1.54) is 6.08 Å². The molecule has 0 aliphatic carbocycles. The van der Waals surface area contributed by atoms with E-state index in [4.69, 9.17) is 34.8 Å². The van der Waals surface area contributed by atoms with Gasteiger partial charge in [0.2, 0.25) is 0 Å². The summed E-state index contributed by atoms with van der Waals surface area (Å²) in [4.78, 5) is 11.7. The number of benzene rings is 1. The summed E-state index contributed by atoms with van der Waals surface area (Å²) < 4.78 is 1.60. The van der Waals surface area contributed by atoms with E-state index in [1.807, 2.05) is 6.92 Å². The van der Waals surface area contributed by atoms with Crippen LogP contribution in [0.4, 0.5) is 0 Å². The molecule has 0 bridgehead atoms. The van der Waals surface area contributed by atoms with Gasteiger partial charge in [0, 0.05) is 41.3 Å². The lowest BCUT2D eigenvalue weighted by Crippen LogP contribution is -2.34. The molecule has 2 aromatic rings. The van der Waals surface area contributed by atoms with E-state index >= 15 is 0 Å². The first-order chi connectivity index (χ1) is 11.3. The number of nitrogens with zero attached hydrogens (tertiary/aromatic N) is 3. The molecule has 2 rings (SSSR count). The minimum absolute atomic E-state index is 0.252. The van der Waals surface area contributed by atoms with Gasteiger partial charge in [-0.25, -0.2) is 9.69 Å². The molecule has 24 heavy (non-hydrogen) atoms. The summed E-state index contributed by atoms with van der Waals surface area (Å²) in [5, 5.41) is 7.47. The van der Waals surface area contributed by atoms with Crippen LogP contribution in [0.3, 0.4) is 0 Å². The molecular formula is C16H17Cl3N4O. The Labute approximate surface area is 155 Å². The molecule has 0 saturated heterocycles. The second kappa shape index (κ2) is 8.03. The molecule has 1 heterocycles. The lowest BCUT2D eigenvalue weighted by molar-refractivity contribution is -0.119. The number of hydrogen-bond donors (Lipinski definition) is 1. The van der Waals surface area contributed by atoms with E-state index in [0.717, 1.165) is 5.56 Å². The molecule has 0 unspecified atom stereocenters. The highest BCUT2D eigenvalue weighted by molar-refractivity contribution is 6.36. The Morgan fingerprint density at radius 1 is 1.29 bits per heavy atom. The SMILES string of the molecule is Cc1nn(Cc2c(Cl)cccc2Cl)c(Cl)c1/C=C/C(=O)NN(C)C. The summed E-state index contributed by atoms with van der Waals surface area (Å²) in [6.45, 7) is 2.16. The van der Waals surface area contributed by atoms with Gasteiger partial charge in [0.05, 0.1) is 12.2 Å². The topological polar surface area (TPSA) is 50.2 Å². The third-order valence-corrected chi connectivity index (χ3v) is 4.32. The fourth-order valence-corrected chi connectivity index (χ4v) is 2.93. The average molecular weight is 388 g/mol. The number of rotatable bonds is 5. The summed E-state index contributed by atoms with van der Waals surface area (Å²) in [5.41, 5.74) is 4.74. The highest BCUT2D eigenvalue weighted by Gasteiger charge is 2.14. The zero-order chi connectivity index (χ0) is 17.9. The Hall–Kier alpha value is -1.53. The molecule has 0 spiro atoms. The Morgan fingerprint density at radius 3 is 2.50 bits per heavy atom. The minimum Gasteiger partial charge on any atom is -0.286 e. The van der Waals surface area contributed by atoms with Gasteiger partial charge in [0.25, 0.3) is 5.91 Å². The fourth-order valence-electron chi connectivity index (χ4n) is 2.11. The van der Waals surface area contributed by atoms with Crippen LogP contribution in [0, 0.1) is 6.92 Å². The molecule has 0 aliphatic rings. The molecule has 5 nitrogen and oxygen atoms in total. The van der Waals surface area contributed by atoms with E-state index in [1.54, 1.807) is 48.1 Å². The van der Waals surface area contributed by atoms with Crippen molar-refractivity contribution in [2.45, 2.75) is 13.5 Å². The maximum atomic E-state index is 11.7. The minimum atomic E-state index is -0.252. The van der Waals surface area contributed by atoms with E-state index < -0.39 is 0 Å². The van der Waals surface area contributed by atoms with Crippen molar-refractivity contribution in [2.24, 2.45) is 0 Å². The van der Waals surface area contributed by atoms with Crippen LogP contribution in [0.2, 0.25) is 15.2 Å². The van der Waals surface area contributed by atoms with Crippen molar-refractivity contribution in [1.82, 2.24) is 20.2 Å². The van der Waals surface area contributed by atoms with Crippen molar-refractivity contribution in [3.8, 4) is 0 Å². The zero-order valence-corrected chi connectivity index (χ0v) is 15.7. The van der Waals surface area contributed by atoms with Gasteiger partial charge < -0.3 is 0 Å².